The number of nitrogens with zero attached hydrogens (tertiary/aromatic N) is 3. The highest BCUT2D eigenvalue weighted by Gasteiger charge is 2.13. The standard InChI is InChI=1S/C22H23ClN4O/c1-15-10-16(2)21(20(23)11-15)26-22(28)18-12-19(14-25-13-18)27(3)9-6-17-4-7-24-8-5-17/h4-5,7-8,10-14H,6,9H2,1-3H3,(H,26,28). The van der Waals surface area contributed by atoms with E-state index in [1.54, 1.807) is 24.8 Å². The molecule has 144 valence electrons. The summed E-state index contributed by atoms with van der Waals surface area (Å²) in [6.07, 6.45) is 7.79. The number of pyridine rings is 2. The van der Waals surface area contributed by atoms with Gasteiger partial charge in [-0.25, -0.2) is 0 Å². The number of halogens is 1. The Morgan fingerprint density at radius 1 is 1.11 bits per heavy atom. The number of hydrogen-bond acceptors (Lipinski definition) is 4. The number of carbonyl (C=O) groups is 1. The molecule has 0 aliphatic heterocycles. The van der Waals surface area contributed by atoms with Gasteiger partial charge in [0.25, 0.3) is 5.91 Å². The highest BCUT2D eigenvalue weighted by atomic mass is 35.5. The summed E-state index contributed by atoms with van der Waals surface area (Å²) in [6, 6.07) is 9.67. The maximum Gasteiger partial charge on any atom is 0.257 e. The molecule has 1 N–H and O–H groups in total. The van der Waals surface area contributed by atoms with Crippen LogP contribution in [0, 0.1) is 13.8 Å². The van der Waals surface area contributed by atoms with Gasteiger partial charge in [0.2, 0.25) is 0 Å². The summed E-state index contributed by atoms with van der Waals surface area (Å²) < 4.78 is 0. The Hall–Kier alpha value is -2.92. The predicted molar refractivity (Wildman–Crippen MR) is 114 cm³/mol. The molecule has 0 radical (unpaired) electrons. The molecule has 28 heavy (non-hydrogen) atoms. The van der Waals surface area contributed by atoms with Crippen molar-refractivity contribution in [3.8, 4) is 0 Å². The molecule has 2 aromatic heterocycles. The third-order valence-electron chi connectivity index (χ3n) is 4.58. The first-order valence-corrected chi connectivity index (χ1v) is 9.45. The number of aromatic nitrogens is 2. The van der Waals surface area contributed by atoms with Gasteiger partial charge in [0.1, 0.15) is 0 Å². The van der Waals surface area contributed by atoms with Gasteiger partial charge >= 0.3 is 0 Å². The van der Waals surface area contributed by atoms with Gasteiger partial charge < -0.3 is 10.2 Å². The highest BCUT2D eigenvalue weighted by molar-refractivity contribution is 6.34. The molecule has 1 amide bonds. The van der Waals surface area contributed by atoms with Crippen molar-refractivity contribution in [1.29, 1.82) is 0 Å². The molecule has 0 spiro atoms. The summed E-state index contributed by atoms with van der Waals surface area (Å²) in [5, 5.41) is 3.44. The van der Waals surface area contributed by atoms with Gasteiger partial charge in [0.05, 0.1) is 28.2 Å². The number of hydrogen-bond donors (Lipinski definition) is 1. The molecule has 0 fully saturated rings. The quantitative estimate of drug-likeness (QED) is 0.659. The van der Waals surface area contributed by atoms with E-state index in [1.165, 1.54) is 5.56 Å². The van der Waals surface area contributed by atoms with E-state index in [0.29, 0.717) is 16.3 Å². The van der Waals surface area contributed by atoms with Crippen LogP contribution in [-0.2, 0) is 6.42 Å². The molecule has 0 atom stereocenters. The van der Waals surface area contributed by atoms with Gasteiger partial charge in [-0.1, -0.05) is 17.7 Å². The zero-order chi connectivity index (χ0) is 20.1. The topological polar surface area (TPSA) is 58.1 Å². The zero-order valence-corrected chi connectivity index (χ0v) is 17.0. The Kier molecular flexibility index (Phi) is 6.26. The molecule has 5 nitrogen and oxygen atoms in total. The normalized spacial score (nSPS) is 10.6. The Balaban J connectivity index is 1.71. The van der Waals surface area contributed by atoms with E-state index in [1.807, 2.05) is 51.2 Å². The number of aryl methyl sites for hydroxylation is 2. The Bertz CT molecular complexity index is 952. The zero-order valence-electron chi connectivity index (χ0n) is 16.2. The molecule has 0 unspecified atom stereocenters. The van der Waals surface area contributed by atoms with Crippen LogP contribution in [0.4, 0.5) is 11.4 Å². The predicted octanol–water partition coefficient (Wildman–Crippen LogP) is 4.68. The molecular formula is C22H23ClN4O. The van der Waals surface area contributed by atoms with Crippen molar-refractivity contribution in [2.45, 2.75) is 20.3 Å². The summed E-state index contributed by atoms with van der Waals surface area (Å²) in [5.41, 5.74) is 5.21. The van der Waals surface area contributed by atoms with Gasteiger partial charge in [-0.15, -0.1) is 0 Å². The summed E-state index contributed by atoms with van der Waals surface area (Å²) >= 11 is 6.30. The Labute approximate surface area is 170 Å². The van der Waals surface area contributed by atoms with Crippen molar-refractivity contribution in [2.75, 3.05) is 23.8 Å². The van der Waals surface area contributed by atoms with E-state index in [-0.39, 0.29) is 5.91 Å². The Morgan fingerprint density at radius 2 is 1.86 bits per heavy atom. The number of rotatable bonds is 6. The highest BCUT2D eigenvalue weighted by Crippen LogP contribution is 2.28. The van der Waals surface area contributed by atoms with Gasteiger partial charge in [-0.05, 0) is 61.2 Å². The van der Waals surface area contributed by atoms with Crippen LogP contribution in [0.2, 0.25) is 5.02 Å². The van der Waals surface area contributed by atoms with Gasteiger partial charge in [-0.3, -0.25) is 14.8 Å². The fourth-order valence-corrected chi connectivity index (χ4v) is 3.36. The molecule has 3 rings (SSSR count). The number of carbonyl (C=O) groups excluding carboxylic acids is 1. The lowest BCUT2D eigenvalue weighted by Crippen LogP contribution is -2.21. The lowest BCUT2D eigenvalue weighted by molar-refractivity contribution is 0.102. The first kappa shape index (κ1) is 19.8. The monoisotopic (exact) mass is 394 g/mol. The SMILES string of the molecule is Cc1cc(C)c(NC(=O)c2cncc(N(C)CCc3ccncc3)c2)c(Cl)c1. The van der Waals surface area contributed by atoms with E-state index in [9.17, 15) is 4.79 Å². The van der Waals surface area contributed by atoms with Crippen LogP contribution in [0.25, 0.3) is 0 Å². The molecule has 1 aromatic carbocycles. The molecule has 0 saturated carbocycles. The summed E-state index contributed by atoms with van der Waals surface area (Å²) in [7, 11) is 1.99. The van der Waals surface area contributed by atoms with Crippen molar-refractivity contribution < 1.29 is 4.79 Å². The maximum atomic E-state index is 12.7. The molecule has 2 heterocycles. The molecule has 0 saturated heterocycles. The fraction of sp³-hybridized carbons (Fsp3) is 0.227. The van der Waals surface area contributed by atoms with Crippen LogP contribution >= 0.6 is 11.6 Å². The number of nitrogens with one attached hydrogen (secondary N) is 1. The van der Waals surface area contributed by atoms with Crippen LogP contribution in [0.15, 0.2) is 55.1 Å². The average Bonchev–Trinajstić information content (AvgIpc) is 2.69. The summed E-state index contributed by atoms with van der Waals surface area (Å²) in [4.78, 5) is 23.1. The molecule has 0 aliphatic rings. The molecule has 3 aromatic rings. The van der Waals surface area contributed by atoms with Gasteiger partial charge in [0, 0.05) is 32.2 Å². The number of benzene rings is 1. The molecule has 0 aliphatic carbocycles. The van der Waals surface area contributed by atoms with Crippen LogP contribution in [0.3, 0.4) is 0 Å². The molecular weight excluding hydrogens is 372 g/mol. The summed E-state index contributed by atoms with van der Waals surface area (Å²) in [5.74, 6) is -0.231. The van der Waals surface area contributed by atoms with Crippen molar-refractivity contribution >= 4 is 28.9 Å². The lowest BCUT2D eigenvalue weighted by Gasteiger charge is -2.19. The van der Waals surface area contributed by atoms with Crippen LogP contribution in [0.5, 0.6) is 0 Å². The van der Waals surface area contributed by atoms with Crippen molar-refractivity contribution in [3.63, 3.8) is 0 Å². The van der Waals surface area contributed by atoms with Gasteiger partial charge in [-0.2, -0.15) is 0 Å². The average molecular weight is 395 g/mol. The van der Waals surface area contributed by atoms with Crippen molar-refractivity contribution in [2.24, 2.45) is 0 Å². The van der Waals surface area contributed by atoms with Crippen LogP contribution in [-0.4, -0.2) is 29.5 Å². The molecule has 6 heteroatoms. The first-order valence-electron chi connectivity index (χ1n) is 9.07. The second-order valence-corrected chi connectivity index (χ2v) is 7.26. The van der Waals surface area contributed by atoms with Crippen molar-refractivity contribution in [3.05, 3.63) is 82.4 Å². The fourth-order valence-electron chi connectivity index (χ4n) is 3.00. The third-order valence-corrected chi connectivity index (χ3v) is 4.88. The third kappa shape index (κ3) is 4.87. The minimum atomic E-state index is -0.231. The van der Waals surface area contributed by atoms with Crippen molar-refractivity contribution in [1.82, 2.24) is 9.97 Å². The van der Waals surface area contributed by atoms with E-state index >= 15 is 0 Å². The van der Waals surface area contributed by atoms with Crippen LogP contribution < -0.4 is 10.2 Å². The Morgan fingerprint density at radius 3 is 2.57 bits per heavy atom. The second-order valence-electron chi connectivity index (χ2n) is 6.85. The minimum Gasteiger partial charge on any atom is -0.373 e. The number of amides is 1. The summed E-state index contributed by atoms with van der Waals surface area (Å²) in [6.45, 7) is 4.70. The maximum absolute atomic E-state index is 12.7. The smallest absolute Gasteiger partial charge is 0.257 e. The number of anilines is 2. The number of likely N-dealkylation sites (N-methyl/N-ethyl adjacent to an activating group) is 1. The van der Waals surface area contributed by atoms with E-state index in [0.717, 1.165) is 29.8 Å². The van der Waals surface area contributed by atoms with E-state index in [2.05, 4.69) is 20.2 Å². The largest absolute Gasteiger partial charge is 0.373 e. The van der Waals surface area contributed by atoms with E-state index in [4.69, 9.17) is 11.6 Å². The van der Waals surface area contributed by atoms with Crippen LogP contribution in [0.1, 0.15) is 27.0 Å². The molecule has 0 bridgehead atoms. The second kappa shape index (κ2) is 8.85. The minimum absolute atomic E-state index is 0.231. The first-order chi connectivity index (χ1) is 13.4. The van der Waals surface area contributed by atoms with E-state index < -0.39 is 0 Å². The van der Waals surface area contributed by atoms with Gasteiger partial charge in [0.15, 0.2) is 0 Å². The lowest BCUT2D eigenvalue weighted by atomic mass is 10.1.